The van der Waals surface area contributed by atoms with Crippen LogP contribution in [0.1, 0.15) is 47.5 Å². The van der Waals surface area contributed by atoms with Crippen LogP contribution < -0.4 is 0 Å². The van der Waals surface area contributed by atoms with E-state index in [4.69, 9.17) is 15.3 Å². The Hall–Kier alpha value is -1.06. The molecule has 0 saturated carbocycles. The van der Waals surface area contributed by atoms with Gasteiger partial charge in [-0.15, -0.1) is 0 Å². The summed E-state index contributed by atoms with van der Waals surface area (Å²) >= 11 is 0. The van der Waals surface area contributed by atoms with Crippen molar-refractivity contribution in [3.8, 4) is 12.1 Å². The van der Waals surface area contributed by atoms with E-state index in [9.17, 15) is 0 Å². The van der Waals surface area contributed by atoms with Gasteiger partial charge in [-0.3, -0.25) is 0 Å². The molecule has 0 heterocycles. The quantitative estimate of drug-likeness (QED) is 0.734. The van der Waals surface area contributed by atoms with Crippen LogP contribution in [0.2, 0.25) is 0 Å². The summed E-state index contributed by atoms with van der Waals surface area (Å²) in [7, 11) is 1.67. The Bertz CT molecular complexity index is 248. The van der Waals surface area contributed by atoms with E-state index in [1.807, 2.05) is 34.6 Å². The van der Waals surface area contributed by atoms with Crippen LogP contribution in [0.5, 0.6) is 0 Å². The molecule has 0 aromatic heterocycles. The smallest absolute Gasteiger partial charge is 0.0653 e. The first-order chi connectivity index (χ1) is 7.32. The highest BCUT2D eigenvalue weighted by Gasteiger charge is 2.19. The van der Waals surface area contributed by atoms with E-state index in [0.29, 0.717) is 0 Å². The van der Waals surface area contributed by atoms with Crippen molar-refractivity contribution in [2.75, 3.05) is 7.11 Å². The standard InChI is InChI=1S/C8H15NO.C5H9N/c1-7(6-9)5-8(2,3)10-4;1-3-5(2)4-6/h7H,5H2,1-4H3;5H,3H2,1-2H3. The van der Waals surface area contributed by atoms with Gasteiger partial charge in [0.15, 0.2) is 0 Å². The molecule has 92 valence electrons. The Morgan fingerprint density at radius 2 is 1.56 bits per heavy atom. The normalized spacial score (nSPS) is 13.8. The maximum Gasteiger partial charge on any atom is 0.0653 e. The average molecular weight is 224 g/mol. The molecule has 0 aromatic carbocycles. The monoisotopic (exact) mass is 224 g/mol. The first kappa shape index (κ1) is 17.3. The molecule has 0 aromatic rings. The molecule has 3 heteroatoms. The lowest BCUT2D eigenvalue weighted by atomic mass is 9.96. The van der Waals surface area contributed by atoms with Crippen molar-refractivity contribution in [1.29, 1.82) is 10.5 Å². The SMILES string of the molecule is CCC(C)C#N.COC(C)(C)CC(C)C#N. The van der Waals surface area contributed by atoms with Crippen molar-refractivity contribution < 1.29 is 4.74 Å². The fraction of sp³-hybridized carbons (Fsp3) is 0.846. The van der Waals surface area contributed by atoms with Gasteiger partial charge in [-0.25, -0.2) is 0 Å². The first-order valence-corrected chi connectivity index (χ1v) is 5.67. The molecule has 0 bridgehead atoms. The number of methoxy groups -OCH3 is 1. The molecular formula is C13H24N2O. The van der Waals surface area contributed by atoms with Crippen LogP contribution in [0.3, 0.4) is 0 Å². The predicted octanol–water partition coefficient (Wildman–Crippen LogP) is 3.52. The van der Waals surface area contributed by atoms with E-state index in [1.165, 1.54) is 0 Å². The highest BCUT2D eigenvalue weighted by atomic mass is 16.5. The van der Waals surface area contributed by atoms with Gasteiger partial charge >= 0.3 is 0 Å². The molecule has 0 aliphatic rings. The molecule has 16 heavy (non-hydrogen) atoms. The molecule has 0 fully saturated rings. The van der Waals surface area contributed by atoms with Crippen molar-refractivity contribution >= 4 is 0 Å². The highest BCUT2D eigenvalue weighted by Crippen LogP contribution is 2.18. The van der Waals surface area contributed by atoms with Crippen molar-refractivity contribution in [3.05, 3.63) is 0 Å². The summed E-state index contributed by atoms with van der Waals surface area (Å²) in [6.45, 7) is 9.80. The van der Waals surface area contributed by atoms with Crippen LogP contribution in [0, 0.1) is 34.5 Å². The molecule has 0 amide bonds. The molecule has 2 atom stereocenters. The zero-order valence-electron chi connectivity index (χ0n) is 11.4. The largest absolute Gasteiger partial charge is 0.379 e. The van der Waals surface area contributed by atoms with Crippen molar-refractivity contribution in [2.24, 2.45) is 11.8 Å². The number of nitrogens with zero attached hydrogens (tertiary/aromatic N) is 2. The zero-order valence-corrected chi connectivity index (χ0v) is 11.4. The van der Waals surface area contributed by atoms with E-state index in [-0.39, 0.29) is 17.4 Å². The number of rotatable bonds is 4. The van der Waals surface area contributed by atoms with E-state index in [1.54, 1.807) is 7.11 Å². The Balaban J connectivity index is 0. The molecule has 0 spiro atoms. The third kappa shape index (κ3) is 11.0. The van der Waals surface area contributed by atoms with Crippen LogP contribution in [0.25, 0.3) is 0 Å². The van der Waals surface area contributed by atoms with Crippen molar-refractivity contribution in [3.63, 3.8) is 0 Å². The summed E-state index contributed by atoms with van der Waals surface area (Å²) in [5.41, 5.74) is -0.158. The molecule has 0 N–H and O–H groups in total. The molecular weight excluding hydrogens is 200 g/mol. The highest BCUT2D eigenvalue weighted by molar-refractivity contribution is 4.84. The Kier molecular flexibility index (Phi) is 9.96. The summed E-state index contributed by atoms with van der Waals surface area (Å²) in [6, 6.07) is 4.29. The predicted molar refractivity (Wildman–Crippen MR) is 65.6 cm³/mol. The van der Waals surface area contributed by atoms with Gasteiger partial charge in [-0.05, 0) is 40.5 Å². The first-order valence-electron chi connectivity index (χ1n) is 5.67. The van der Waals surface area contributed by atoms with Gasteiger partial charge in [0.2, 0.25) is 0 Å². The fourth-order valence-electron chi connectivity index (χ4n) is 0.958. The maximum atomic E-state index is 8.49. The molecule has 0 rings (SSSR count). The Labute approximate surface area is 100 Å². The van der Waals surface area contributed by atoms with Crippen LogP contribution in [0.4, 0.5) is 0 Å². The van der Waals surface area contributed by atoms with Gasteiger partial charge in [-0.2, -0.15) is 10.5 Å². The number of nitriles is 2. The molecule has 0 radical (unpaired) electrons. The third-order valence-electron chi connectivity index (χ3n) is 2.40. The van der Waals surface area contributed by atoms with Crippen LogP contribution in [-0.4, -0.2) is 12.7 Å². The number of hydrogen-bond acceptors (Lipinski definition) is 3. The summed E-state index contributed by atoms with van der Waals surface area (Å²) < 4.78 is 5.16. The zero-order chi connectivity index (χ0) is 13.2. The second-order valence-corrected chi connectivity index (χ2v) is 4.64. The van der Waals surface area contributed by atoms with Crippen LogP contribution >= 0.6 is 0 Å². The van der Waals surface area contributed by atoms with Crippen molar-refractivity contribution in [2.45, 2.75) is 53.1 Å². The number of hydrogen-bond donors (Lipinski definition) is 0. The maximum absolute atomic E-state index is 8.49. The van der Waals surface area contributed by atoms with Crippen molar-refractivity contribution in [1.82, 2.24) is 0 Å². The van der Waals surface area contributed by atoms with Gasteiger partial charge in [-0.1, -0.05) is 6.92 Å². The van der Waals surface area contributed by atoms with E-state index >= 15 is 0 Å². The van der Waals surface area contributed by atoms with Crippen LogP contribution in [-0.2, 0) is 4.74 Å². The minimum absolute atomic E-state index is 0.0787. The topological polar surface area (TPSA) is 56.8 Å². The summed E-state index contributed by atoms with van der Waals surface area (Å²) in [6.07, 6.45) is 1.76. The Morgan fingerprint density at radius 1 is 1.12 bits per heavy atom. The van der Waals surface area contributed by atoms with E-state index in [0.717, 1.165) is 12.8 Å². The molecule has 2 unspecified atom stereocenters. The van der Waals surface area contributed by atoms with Gasteiger partial charge in [0.1, 0.15) is 0 Å². The van der Waals surface area contributed by atoms with E-state index < -0.39 is 0 Å². The molecule has 0 saturated heterocycles. The summed E-state index contributed by atoms with van der Waals surface area (Å²) in [5.74, 6) is 0.319. The Morgan fingerprint density at radius 3 is 1.75 bits per heavy atom. The summed E-state index contributed by atoms with van der Waals surface area (Å²) in [5, 5.41) is 16.6. The third-order valence-corrected chi connectivity index (χ3v) is 2.40. The van der Waals surface area contributed by atoms with Gasteiger partial charge < -0.3 is 4.74 Å². The van der Waals surface area contributed by atoms with E-state index in [2.05, 4.69) is 12.1 Å². The second-order valence-electron chi connectivity index (χ2n) is 4.64. The van der Waals surface area contributed by atoms with Crippen LogP contribution in [0.15, 0.2) is 0 Å². The lowest BCUT2D eigenvalue weighted by Gasteiger charge is -2.23. The minimum atomic E-state index is -0.158. The number of ether oxygens (including phenoxy) is 1. The van der Waals surface area contributed by atoms with Gasteiger partial charge in [0.05, 0.1) is 17.7 Å². The molecule has 3 nitrogen and oxygen atoms in total. The lowest BCUT2D eigenvalue weighted by molar-refractivity contribution is 0.00882. The minimum Gasteiger partial charge on any atom is -0.379 e. The fourth-order valence-corrected chi connectivity index (χ4v) is 0.958. The van der Waals surface area contributed by atoms with Gasteiger partial charge in [0, 0.05) is 18.9 Å². The van der Waals surface area contributed by atoms with Gasteiger partial charge in [0.25, 0.3) is 0 Å². The molecule has 0 aliphatic heterocycles. The lowest BCUT2D eigenvalue weighted by Crippen LogP contribution is -2.24. The summed E-state index contributed by atoms with van der Waals surface area (Å²) in [4.78, 5) is 0. The molecule has 0 aliphatic carbocycles. The second kappa shape index (κ2) is 9.19. The average Bonchev–Trinajstić information content (AvgIpc) is 2.28.